The normalized spacial score (nSPS) is 11.3. The first-order valence-electron chi connectivity index (χ1n) is 6.20. The minimum absolute atomic E-state index is 0.127. The zero-order chi connectivity index (χ0) is 15.1. The maximum Gasteiger partial charge on any atom is 0.150 e. The molecule has 0 bridgehead atoms. The number of hydrogen-bond donors (Lipinski definition) is 0. The molecular weight excluding hydrogens is 362 g/mol. The Morgan fingerprint density at radius 1 is 1.19 bits per heavy atom. The molecule has 0 N–H and O–H groups in total. The molecule has 0 radical (unpaired) electrons. The van der Waals surface area contributed by atoms with Crippen molar-refractivity contribution in [3.05, 3.63) is 57.8 Å². The minimum Gasteiger partial charge on any atom is -0.292 e. The van der Waals surface area contributed by atoms with Gasteiger partial charge in [-0.2, -0.15) is 0 Å². The monoisotopic (exact) mass is 370 g/mol. The van der Waals surface area contributed by atoms with Crippen molar-refractivity contribution in [2.75, 3.05) is 0 Å². The van der Waals surface area contributed by atoms with E-state index in [0.717, 1.165) is 22.7 Å². The Morgan fingerprint density at radius 3 is 2.67 bits per heavy atom. The Morgan fingerprint density at radius 2 is 1.95 bits per heavy atom. The Balaban J connectivity index is 2.36. The SMILES string of the molecule is Cc1ccc2c(c1)nc(CCl)n2-c1cc(Br)c(F)cc1F. The van der Waals surface area contributed by atoms with Gasteiger partial charge >= 0.3 is 0 Å². The van der Waals surface area contributed by atoms with Crippen molar-refractivity contribution in [3.63, 3.8) is 0 Å². The molecule has 0 aliphatic rings. The van der Waals surface area contributed by atoms with Crippen molar-refractivity contribution >= 4 is 38.6 Å². The maximum absolute atomic E-state index is 14.2. The lowest BCUT2D eigenvalue weighted by atomic mass is 10.2. The van der Waals surface area contributed by atoms with Gasteiger partial charge in [0.25, 0.3) is 0 Å². The van der Waals surface area contributed by atoms with Gasteiger partial charge in [-0.05, 0) is 46.6 Å². The fourth-order valence-corrected chi connectivity index (χ4v) is 2.79. The number of aryl methyl sites for hydroxylation is 1. The van der Waals surface area contributed by atoms with E-state index in [1.807, 2.05) is 25.1 Å². The van der Waals surface area contributed by atoms with Crippen molar-refractivity contribution in [2.45, 2.75) is 12.8 Å². The van der Waals surface area contributed by atoms with E-state index in [9.17, 15) is 8.78 Å². The predicted octanol–water partition coefficient (Wildman–Crippen LogP) is 5.11. The smallest absolute Gasteiger partial charge is 0.150 e. The number of hydrogen-bond acceptors (Lipinski definition) is 1. The van der Waals surface area contributed by atoms with Crippen LogP contribution in [0.15, 0.2) is 34.8 Å². The molecule has 0 fully saturated rings. The van der Waals surface area contributed by atoms with Crippen LogP contribution in [-0.4, -0.2) is 9.55 Å². The van der Waals surface area contributed by atoms with Crippen molar-refractivity contribution in [3.8, 4) is 5.69 Å². The number of imidazole rings is 1. The van der Waals surface area contributed by atoms with Gasteiger partial charge in [-0.25, -0.2) is 13.8 Å². The number of fused-ring (bicyclic) bond motifs is 1. The third kappa shape index (κ3) is 2.45. The fraction of sp³-hybridized carbons (Fsp3) is 0.133. The first-order valence-corrected chi connectivity index (χ1v) is 7.53. The van der Waals surface area contributed by atoms with Gasteiger partial charge in [0, 0.05) is 6.07 Å². The first-order chi connectivity index (χ1) is 10.0. The zero-order valence-electron chi connectivity index (χ0n) is 11.0. The van der Waals surface area contributed by atoms with Gasteiger partial charge in [-0.3, -0.25) is 4.57 Å². The van der Waals surface area contributed by atoms with Crippen molar-refractivity contribution < 1.29 is 8.78 Å². The average molecular weight is 372 g/mol. The van der Waals surface area contributed by atoms with Crippen LogP contribution in [0.1, 0.15) is 11.4 Å². The Kier molecular flexibility index (Phi) is 3.71. The van der Waals surface area contributed by atoms with Crippen LogP contribution < -0.4 is 0 Å². The van der Waals surface area contributed by atoms with Gasteiger partial charge in [0.2, 0.25) is 0 Å². The van der Waals surface area contributed by atoms with E-state index in [1.165, 1.54) is 6.07 Å². The van der Waals surface area contributed by atoms with Crippen molar-refractivity contribution in [2.24, 2.45) is 0 Å². The highest BCUT2D eigenvalue weighted by Crippen LogP contribution is 2.28. The zero-order valence-corrected chi connectivity index (χ0v) is 13.3. The van der Waals surface area contributed by atoms with Crippen LogP contribution in [0.3, 0.4) is 0 Å². The molecule has 0 atom stereocenters. The molecule has 0 saturated carbocycles. The van der Waals surface area contributed by atoms with Gasteiger partial charge in [-0.1, -0.05) is 6.07 Å². The van der Waals surface area contributed by atoms with Crippen LogP contribution in [0, 0.1) is 18.6 Å². The number of nitrogens with zero attached hydrogens (tertiary/aromatic N) is 2. The van der Waals surface area contributed by atoms with Crippen LogP contribution in [0.2, 0.25) is 0 Å². The van der Waals surface area contributed by atoms with E-state index >= 15 is 0 Å². The molecule has 2 aromatic carbocycles. The summed E-state index contributed by atoms with van der Waals surface area (Å²) in [6.45, 7) is 1.95. The molecule has 0 unspecified atom stereocenters. The predicted molar refractivity (Wildman–Crippen MR) is 83.0 cm³/mol. The van der Waals surface area contributed by atoms with E-state index < -0.39 is 11.6 Å². The molecule has 3 rings (SSSR count). The molecule has 6 heteroatoms. The van der Waals surface area contributed by atoms with Crippen LogP contribution in [0.4, 0.5) is 8.78 Å². The molecule has 2 nitrogen and oxygen atoms in total. The molecule has 0 spiro atoms. The summed E-state index contributed by atoms with van der Waals surface area (Å²) in [4.78, 5) is 4.42. The summed E-state index contributed by atoms with van der Waals surface area (Å²) in [6.07, 6.45) is 0. The summed E-state index contributed by atoms with van der Waals surface area (Å²) in [6, 6.07) is 7.90. The highest BCUT2D eigenvalue weighted by molar-refractivity contribution is 9.10. The fourth-order valence-electron chi connectivity index (χ4n) is 2.28. The Hall–Kier alpha value is -1.46. The standard InChI is InChI=1S/C15H10BrClF2N2/c1-8-2-3-13-12(4-8)20-15(7-17)21(13)14-5-9(16)10(18)6-11(14)19/h2-6H,7H2,1H3. The number of benzene rings is 2. The lowest BCUT2D eigenvalue weighted by Crippen LogP contribution is -2.03. The molecular formula is C15H10BrClF2N2. The third-order valence-corrected chi connectivity index (χ3v) is 4.08. The molecule has 1 aromatic heterocycles. The van der Waals surface area contributed by atoms with Gasteiger partial charge in [0.05, 0.1) is 27.1 Å². The molecule has 1 heterocycles. The van der Waals surface area contributed by atoms with Gasteiger partial charge < -0.3 is 0 Å². The van der Waals surface area contributed by atoms with E-state index in [4.69, 9.17) is 11.6 Å². The van der Waals surface area contributed by atoms with Crippen molar-refractivity contribution in [1.29, 1.82) is 0 Å². The summed E-state index contributed by atoms with van der Waals surface area (Å²) >= 11 is 9.00. The van der Waals surface area contributed by atoms with E-state index in [1.54, 1.807) is 4.57 Å². The van der Waals surface area contributed by atoms with Crippen LogP contribution in [0.5, 0.6) is 0 Å². The second kappa shape index (κ2) is 5.39. The molecule has 21 heavy (non-hydrogen) atoms. The van der Waals surface area contributed by atoms with Gasteiger partial charge in [-0.15, -0.1) is 11.6 Å². The summed E-state index contributed by atoms with van der Waals surface area (Å²) in [7, 11) is 0. The summed E-state index contributed by atoms with van der Waals surface area (Å²) in [5, 5.41) is 0. The molecule has 0 amide bonds. The number of alkyl halides is 1. The quantitative estimate of drug-likeness (QED) is 0.452. The second-order valence-electron chi connectivity index (χ2n) is 4.71. The first kappa shape index (κ1) is 14.5. The highest BCUT2D eigenvalue weighted by atomic mass is 79.9. The third-order valence-electron chi connectivity index (χ3n) is 3.23. The average Bonchev–Trinajstić information content (AvgIpc) is 2.80. The van der Waals surface area contributed by atoms with Crippen molar-refractivity contribution in [1.82, 2.24) is 9.55 Å². The number of rotatable bonds is 2. The molecule has 108 valence electrons. The topological polar surface area (TPSA) is 17.8 Å². The van der Waals surface area contributed by atoms with Gasteiger partial charge in [0.15, 0.2) is 0 Å². The molecule has 0 aliphatic heterocycles. The van der Waals surface area contributed by atoms with E-state index in [2.05, 4.69) is 20.9 Å². The second-order valence-corrected chi connectivity index (χ2v) is 5.83. The van der Waals surface area contributed by atoms with Crippen LogP contribution >= 0.6 is 27.5 Å². The minimum atomic E-state index is -0.665. The maximum atomic E-state index is 14.2. The van der Waals surface area contributed by atoms with E-state index in [-0.39, 0.29) is 16.0 Å². The lowest BCUT2D eigenvalue weighted by Gasteiger charge is -2.10. The van der Waals surface area contributed by atoms with Crippen LogP contribution in [0.25, 0.3) is 16.7 Å². The van der Waals surface area contributed by atoms with Gasteiger partial charge in [0.1, 0.15) is 17.5 Å². The molecule has 0 aliphatic carbocycles. The Bertz CT molecular complexity index is 845. The number of halogens is 4. The molecule has 3 aromatic rings. The highest BCUT2D eigenvalue weighted by Gasteiger charge is 2.17. The summed E-state index contributed by atoms with van der Waals surface area (Å²) < 4.78 is 29.4. The molecule has 0 saturated heterocycles. The lowest BCUT2D eigenvalue weighted by molar-refractivity contribution is 0.573. The van der Waals surface area contributed by atoms with Crippen LogP contribution in [-0.2, 0) is 5.88 Å². The summed E-state index contributed by atoms with van der Waals surface area (Å²) in [5.74, 6) is -0.678. The summed E-state index contributed by atoms with van der Waals surface area (Å²) in [5.41, 5.74) is 2.72. The number of aromatic nitrogens is 2. The van der Waals surface area contributed by atoms with E-state index in [0.29, 0.717) is 5.82 Å². The largest absolute Gasteiger partial charge is 0.292 e. The Labute approximate surface area is 133 Å².